The van der Waals surface area contributed by atoms with E-state index in [-0.39, 0.29) is 12.4 Å². The number of hydrogen-bond acceptors (Lipinski definition) is 2. The lowest BCUT2D eigenvalue weighted by molar-refractivity contribution is 0.350. The Morgan fingerprint density at radius 1 is 1.44 bits per heavy atom. The van der Waals surface area contributed by atoms with E-state index >= 15 is 0 Å². The number of halogens is 1. The molecule has 0 atom stereocenters. The van der Waals surface area contributed by atoms with Crippen molar-refractivity contribution in [2.24, 2.45) is 0 Å². The van der Waals surface area contributed by atoms with Gasteiger partial charge in [0, 0.05) is 11.6 Å². The number of aliphatic hydroxyl groups is 1. The summed E-state index contributed by atoms with van der Waals surface area (Å²) in [5.74, 6) is 5.24. The molecule has 0 spiro atoms. The van der Waals surface area contributed by atoms with Crippen molar-refractivity contribution in [3.63, 3.8) is 0 Å². The topological polar surface area (TPSA) is 33.1 Å². The molecule has 18 heavy (non-hydrogen) atoms. The zero-order valence-electron chi connectivity index (χ0n) is 10.2. The number of hydrogen-bond donors (Lipinski definition) is 1. The summed E-state index contributed by atoms with van der Waals surface area (Å²) >= 11 is 0. The molecule has 0 fully saturated rings. The highest BCUT2D eigenvalue weighted by Gasteiger charge is 2.10. The van der Waals surface area contributed by atoms with Crippen LogP contribution in [0.1, 0.15) is 24.5 Å². The molecule has 2 nitrogen and oxygen atoms in total. The molecular formula is C15H14FNO. The van der Waals surface area contributed by atoms with Crippen LogP contribution in [0.3, 0.4) is 0 Å². The third-order valence-corrected chi connectivity index (χ3v) is 2.74. The van der Waals surface area contributed by atoms with Gasteiger partial charge >= 0.3 is 0 Å². The fourth-order valence-corrected chi connectivity index (χ4v) is 1.99. The Balaban J connectivity index is 2.75. The summed E-state index contributed by atoms with van der Waals surface area (Å²) in [6.07, 6.45) is 3.28. The van der Waals surface area contributed by atoms with Gasteiger partial charge in [-0.2, -0.15) is 0 Å². The summed E-state index contributed by atoms with van der Waals surface area (Å²) < 4.78 is 13.9. The minimum absolute atomic E-state index is 0.211. The zero-order chi connectivity index (χ0) is 13.0. The number of aliphatic hydroxyl groups excluding tert-OH is 1. The van der Waals surface area contributed by atoms with Crippen LogP contribution in [-0.2, 0) is 6.42 Å². The van der Waals surface area contributed by atoms with Gasteiger partial charge in [0.15, 0.2) is 0 Å². The van der Waals surface area contributed by atoms with E-state index in [1.54, 1.807) is 18.3 Å². The standard InChI is InChI=1S/C15H14FNO/c1-2-5-11-10-14(16)13-6-3-8-17-15(13)12(11)7-4-9-18/h3,6,8,10,18H,2,5,9H2,1H3. The smallest absolute Gasteiger partial charge is 0.132 e. The van der Waals surface area contributed by atoms with Crippen molar-refractivity contribution in [1.29, 1.82) is 0 Å². The zero-order valence-corrected chi connectivity index (χ0v) is 10.2. The molecule has 0 aliphatic heterocycles. The van der Waals surface area contributed by atoms with E-state index in [1.807, 2.05) is 6.92 Å². The molecular weight excluding hydrogens is 229 g/mol. The van der Waals surface area contributed by atoms with Gasteiger partial charge in [-0.25, -0.2) is 4.39 Å². The Morgan fingerprint density at radius 3 is 3.00 bits per heavy atom. The molecule has 2 aromatic rings. The Morgan fingerprint density at radius 2 is 2.28 bits per heavy atom. The highest BCUT2D eigenvalue weighted by Crippen LogP contribution is 2.24. The number of rotatable bonds is 2. The highest BCUT2D eigenvalue weighted by molar-refractivity contribution is 5.86. The highest BCUT2D eigenvalue weighted by atomic mass is 19.1. The van der Waals surface area contributed by atoms with Crippen molar-refractivity contribution in [1.82, 2.24) is 4.98 Å². The Bertz CT molecular complexity index is 625. The van der Waals surface area contributed by atoms with Crippen LogP contribution in [0.5, 0.6) is 0 Å². The lowest BCUT2D eigenvalue weighted by Crippen LogP contribution is -1.96. The number of pyridine rings is 1. The van der Waals surface area contributed by atoms with Crippen molar-refractivity contribution in [3.05, 3.63) is 41.3 Å². The fourth-order valence-electron chi connectivity index (χ4n) is 1.99. The molecule has 0 unspecified atom stereocenters. The SMILES string of the molecule is CCCc1cc(F)c2cccnc2c1C#CCO. The first kappa shape index (κ1) is 12.5. The van der Waals surface area contributed by atoms with Gasteiger partial charge in [-0.05, 0) is 30.2 Å². The number of aryl methyl sites for hydroxylation is 1. The van der Waals surface area contributed by atoms with Crippen LogP contribution < -0.4 is 0 Å². The van der Waals surface area contributed by atoms with Gasteiger partial charge in [-0.3, -0.25) is 4.98 Å². The monoisotopic (exact) mass is 243 g/mol. The molecule has 0 amide bonds. The minimum Gasteiger partial charge on any atom is -0.384 e. The number of fused-ring (bicyclic) bond motifs is 1. The summed E-state index contributed by atoms with van der Waals surface area (Å²) in [6, 6.07) is 4.92. The molecule has 2 rings (SSSR count). The average molecular weight is 243 g/mol. The summed E-state index contributed by atoms with van der Waals surface area (Å²) in [7, 11) is 0. The maximum absolute atomic E-state index is 13.9. The normalized spacial score (nSPS) is 10.2. The molecule has 0 aliphatic rings. The molecule has 0 saturated heterocycles. The van der Waals surface area contributed by atoms with Gasteiger partial charge in [0.1, 0.15) is 12.4 Å². The maximum atomic E-state index is 13.9. The summed E-state index contributed by atoms with van der Waals surface area (Å²) in [6.45, 7) is 1.82. The predicted molar refractivity (Wildman–Crippen MR) is 69.7 cm³/mol. The van der Waals surface area contributed by atoms with Gasteiger partial charge in [-0.15, -0.1) is 0 Å². The van der Waals surface area contributed by atoms with Crippen LogP contribution in [0.25, 0.3) is 10.9 Å². The molecule has 0 saturated carbocycles. The first-order valence-corrected chi connectivity index (χ1v) is 5.93. The van der Waals surface area contributed by atoms with Crippen LogP contribution in [0.2, 0.25) is 0 Å². The molecule has 92 valence electrons. The lowest BCUT2D eigenvalue weighted by atomic mass is 9.99. The largest absolute Gasteiger partial charge is 0.384 e. The van der Waals surface area contributed by atoms with E-state index < -0.39 is 0 Å². The van der Waals surface area contributed by atoms with Crippen LogP contribution >= 0.6 is 0 Å². The number of benzene rings is 1. The van der Waals surface area contributed by atoms with Gasteiger partial charge in [-0.1, -0.05) is 25.2 Å². The Kier molecular flexibility index (Phi) is 3.91. The van der Waals surface area contributed by atoms with Crippen molar-refractivity contribution in [2.75, 3.05) is 6.61 Å². The molecule has 1 aromatic heterocycles. The Hall–Kier alpha value is -1.92. The maximum Gasteiger partial charge on any atom is 0.132 e. The quantitative estimate of drug-likeness (QED) is 0.823. The molecule has 0 radical (unpaired) electrons. The van der Waals surface area contributed by atoms with E-state index in [4.69, 9.17) is 5.11 Å². The van der Waals surface area contributed by atoms with Crippen LogP contribution in [0.4, 0.5) is 4.39 Å². The van der Waals surface area contributed by atoms with E-state index in [9.17, 15) is 4.39 Å². The van der Waals surface area contributed by atoms with E-state index in [0.29, 0.717) is 10.9 Å². The summed E-state index contributed by atoms with van der Waals surface area (Å²) in [5, 5.41) is 9.28. The van der Waals surface area contributed by atoms with E-state index in [2.05, 4.69) is 16.8 Å². The van der Waals surface area contributed by atoms with Crippen molar-refractivity contribution < 1.29 is 9.50 Å². The van der Waals surface area contributed by atoms with Crippen molar-refractivity contribution in [3.8, 4) is 11.8 Å². The number of nitrogens with zero attached hydrogens (tertiary/aromatic N) is 1. The number of aromatic nitrogens is 1. The average Bonchev–Trinajstić information content (AvgIpc) is 2.39. The Labute approximate surface area is 105 Å². The molecule has 1 heterocycles. The van der Waals surface area contributed by atoms with Crippen molar-refractivity contribution >= 4 is 10.9 Å². The van der Waals surface area contributed by atoms with Gasteiger partial charge in [0.25, 0.3) is 0 Å². The van der Waals surface area contributed by atoms with Gasteiger partial charge in [0.2, 0.25) is 0 Å². The lowest BCUT2D eigenvalue weighted by Gasteiger charge is -2.08. The molecule has 3 heteroatoms. The first-order valence-electron chi connectivity index (χ1n) is 5.93. The molecule has 1 aromatic carbocycles. The summed E-state index contributed by atoms with van der Waals surface area (Å²) in [5.41, 5.74) is 2.15. The van der Waals surface area contributed by atoms with Crippen molar-refractivity contribution in [2.45, 2.75) is 19.8 Å². The minimum atomic E-state index is -0.268. The molecule has 0 bridgehead atoms. The van der Waals surface area contributed by atoms with Crippen LogP contribution in [0, 0.1) is 17.7 Å². The van der Waals surface area contributed by atoms with E-state index in [0.717, 1.165) is 24.0 Å². The second-order valence-corrected chi connectivity index (χ2v) is 4.00. The van der Waals surface area contributed by atoms with Crippen LogP contribution in [0.15, 0.2) is 24.4 Å². The van der Waals surface area contributed by atoms with Gasteiger partial charge in [0.05, 0.1) is 11.1 Å². The van der Waals surface area contributed by atoms with Crippen LogP contribution in [-0.4, -0.2) is 16.7 Å². The summed E-state index contributed by atoms with van der Waals surface area (Å²) in [4.78, 5) is 4.21. The second-order valence-electron chi connectivity index (χ2n) is 4.00. The molecule has 0 aliphatic carbocycles. The predicted octanol–water partition coefficient (Wildman–Crippen LogP) is 2.67. The molecule has 1 N–H and O–H groups in total. The third-order valence-electron chi connectivity index (χ3n) is 2.74. The first-order chi connectivity index (χ1) is 8.77. The third kappa shape index (κ3) is 2.34. The fraction of sp³-hybridized carbons (Fsp3) is 0.267. The second kappa shape index (κ2) is 5.61. The van der Waals surface area contributed by atoms with E-state index in [1.165, 1.54) is 6.07 Å². The van der Waals surface area contributed by atoms with Gasteiger partial charge < -0.3 is 5.11 Å².